The Bertz CT molecular complexity index is 1540. The van der Waals surface area contributed by atoms with Crippen LogP contribution in [0.2, 0.25) is 5.02 Å². The van der Waals surface area contributed by atoms with Gasteiger partial charge in [0.2, 0.25) is 11.8 Å². The smallest absolute Gasteiger partial charge is 0.409 e. The molecule has 3 heterocycles. The SMILES string of the molecule is C/C1=C\C=C\[C@@H](C)[C@@]2(O)CC(OC(=O)N2)[C@@H](C)[C@@H]2O[C@@]2(C)[C@@H](OC(=O)[C@H](C)N(C)C(=O)CCC(C)C)CC(=O)N(C)c2cc(cc(C)c2Cl)C1. The number of fused-ring (bicyclic) bond motifs is 5. The van der Waals surface area contributed by atoms with Gasteiger partial charge in [-0.1, -0.05) is 69.2 Å². The predicted octanol–water partition coefficient (Wildman–Crippen LogP) is 5.87. The van der Waals surface area contributed by atoms with E-state index in [2.05, 4.69) is 5.32 Å². The summed E-state index contributed by atoms with van der Waals surface area (Å²) in [5, 5.41) is 14.7. The Balaban J connectivity index is 1.72. The first-order valence-electron chi connectivity index (χ1n) is 17.5. The summed E-state index contributed by atoms with van der Waals surface area (Å²) in [5.41, 5.74) is 0.576. The fraction of sp³-hybridized carbons (Fsp3) is 0.632. The van der Waals surface area contributed by atoms with Crippen molar-refractivity contribution in [2.45, 2.75) is 123 Å². The zero-order chi connectivity index (χ0) is 37.3. The number of hydrogen-bond acceptors (Lipinski definition) is 8. The molecule has 12 heteroatoms. The second-order valence-corrected chi connectivity index (χ2v) is 15.5. The van der Waals surface area contributed by atoms with Crippen LogP contribution in [0, 0.1) is 24.7 Å². The molecular formula is C38H54ClN3O8. The number of rotatable bonds is 6. The molecular weight excluding hydrogens is 662 g/mol. The third kappa shape index (κ3) is 8.72. The van der Waals surface area contributed by atoms with Crippen LogP contribution in [0.1, 0.15) is 85.3 Å². The van der Waals surface area contributed by atoms with E-state index < -0.39 is 59.6 Å². The van der Waals surface area contributed by atoms with E-state index in [-0.39, 0.29) is 24.7 Å². The van der Waals surface area contributed by atoms with Crippen molar-refractivity contribution in [2.24, 2.45) is 17.8 Å². The third-order valence-electron chi connectivity index (χ3n) is 10.6. The minimum absolute atomic E-state index is 0.0834. The van der Waals surface area contributed by atoms with Crippen molar-refractivity contribution in [3.05, 3.63) is 52.1 Å². The average molecular weight is 716 g/mol. The van der Waals surface area contributed by atoms with Gasteiger partial charge in [0.1, 0.15) is 29.6 Å². The van der Waals surface area contributed by atoms with Crippen molar-refractivity contribution >= 4 is 41.2 Å². The Morgan fingerprint density at radius 2 is 1.88 bits per heavy atom. The minimum atomic E-state index is -1.59. The number of ether oxygens (including phenoxy) is 3. The lowest BCUT2D eigenvalue weighted by atomic mass is 9.82. The van der Waals surface area contributed by atoms with Gasteiger partial charge in [0.05, 0.1) is 23.2 Å². The van der Waals surface area contributed by atoms with Crippen molar-refractivity contribution in [1.29, 1.82) is 0 Å². The molecule has 1 aromatic rings. The fourth-order valence-electron chi connectivity index (χ4n) is 6.75. The van der Waals surface area contributed by atoms with E-state index in [1.54, 1.807) is 27.9 Å². The molecule has 0 spiro atoms. The summed E-state index contributed by atoms with van der Waals surface area (Å²) in [4.78, 5) is 56.2. The number of likely N-dealkylation sites (N-methyl/N-ethyl adjacent to an activating group) is 1. The summed E-state index contributed by atoms with van der Waals surface area (Å²) < 4.78 is 18.0. The molecule has 4 rings (SSSR count). The normalized spacial score (nSPS) is 32.5. The molecule has 1 aromatic carbocycles. The number of halogens is 1. The van der Waals surface area contributed by atoms with Crippen LogP contribution in [-0.2, 0) is 35.0 Å². The Kier molecular flexibility index (Phi) is 12.2. The van der Waals surface area contributed by atoms with E-state index in [0.717, 1.165) is 16.7 Å². The number of amides is 3. The highest BCUT2D eigenvalue weighted by atomic mass is 35.5. The van der Waals surface area contributed by atoms with Crippen molar-refractivity contribution in [3.8, 4) is 0 Å². The Hall–Kier alpha value is -3.41. The van der Waals surface area contributed by atoms with Crippen LogP contribution in [0.15, 0.2) is 35.9 Å². The van der Waals surface area contributed by atoms with Gasteiger partial charge in [-0.2, -0.15) is 0 Å². The van der Waals surface area contributed by atoms with Crippen molar-refractivity contribution in [3.63, 3.8) is 0 Å². The molecule has 0 saturated carbocycles. The van der Waals surface area contributed by atoms with Crippen molar-refractivity contribution in [2.75, 3.05) is 19.0 Å². The van der Waals surface area contributed by atoms with E-state index in [4.69, 9.17) is 25.8 Å². The van der Waals surface area contributed by atoms with Gasteiger partial charge in [0, 0.05) is 38.8 Å². The number of epoxide rings is 1. The zero-order valence-corrected chi connectivity index (χ0v) is 31.8. The molecule has 276 valence electrons. The number of nitrogens with zero attached hydrogens (tertiary/aromatic N) is 2. The molecule has 2 saturated heterocycles. The largest absolute Gasteiger partial charge is 0.457 e. The Morgan fingerprint density at radius 1 is 1.20 bits per heavy atom. The van der Waals surface area contributed by atoms with Crippen molar-refractivity contribution < 1.29 is 38.5 Å². The summed E-state index contributed by atoms with van der Waals surface area (Å²) in [5.74, 6) is -1.79. The molecule has 0 aromatic heterocycles. The molecule has 0 radical (unpaired) electrons. The molecule has 1 unspecified atom stereocenters. The number of anilines is 1. The van der Waals surface area contributed by atoms with Crippen LogP contribution in [-0.4, -0.2) is 83.7 Å². The number of hydrogen-bond donors (Lipinski definition) is 2. The summed E-state index contributed by atoms with van der Waals surface area (Å²) in [6.07, 6.45) is 3.92. The van der Waals surface area contributed by atoms with Gasteiger partial charge >= 0.3 is 12.1 Å². The number of alkyl carbamates (subject to hydrolysis) is 1. The van der Waals surface area contributed by atoms with Gasteiger partial charge in [0.25, 0.3) is 0 Å². The third-order valence-corrected chi connectivity index (χ3v) is 11.1. The van der Waals surface area contributed by atoms with Crippen LogP contribution in [0.5, 0.6) is 0 Å². The highest BCUT2D eigenvalue weighted by Gasteiger charge is 2.64. The van der Waals surface area contributed by atoms with Gasteiger partial charge in [-0.15, -0.1) is 0 Å². The maximum absolute atomic E-state index is 14.0. The first-order valence-corrected chi connectivity index (χ1v) is 17.9. The molecule has 4 bridgehead atoms. The summed E-state index contributed by atoms with van der Waals surface area (Å²) in [7, 11) is 3.20. The summed E-state index contributed by atoms with van der Waals surface area (Å²) >= 11 is 6.76. The molecule has 3 amide bonds. The zero-order valence-electron chi connectivity index (χ0n) is 31.0. The highest BCUT2D eigenvalue weighted by molar-refractivity contribution is 6.34. The molecule has 2 fully saturated rings. The van der Waals surface area contributed by atoms with E-state index in [1.165, 1.54) is 9.80 Å². The lowest BCUT2D eigenvalue weighted by molar-refractivity contribution is -0.162. The van der Waals surface area contributed by atoms with E-state index >= 15 is 0 Å². The lowest BCUT2D eigenvalue weighted by Gasteiger charge is -2.41. The second-order valence-electron chi connectivity index (χ2n) is 15.1. The molecule has 8 atom stereocenters. The average Bonchev–Trinajstić information content (AvgIpc) is 3.74. The first-order chi connectivity index (χ1) is 23.3. The number of esters is 1. The molecule has 11 nitrogen and oxygen atoms in total. The van der Waals surface area contributed by atoms with Gasteiger partial charge in [-0.3, -0.25) is 14.9 Å². The summed E-state index contributed by atoms with van der Waals surface area (Å²) in [6, 6.07) is 2.94. The molecule has 50 heavy (non-hydrogen) atoms. The van der Waals surface area contributed by atoms with Crippen molar-refractivity contribution in [1.82, 2.24) is 10.2 Å². The highest BCUT2D eigenvalue weighted by Crippen LogP contribution is 2.49. The topological polar surface area (TPSA) is 138 Å². The quantitative estimate of drug-likeness (QED) is 0.276. The van der Waals surface area contributed by atoms with Gasteiger partial charge < -0.3 is 29.1 Å². The molecule has 2 N–H and O–H groups in total. The standard InChI is InChI=1S/C38H54ClN3O8/c1-21(2)14-15-31(43)41(9)26(7)35(45)49-30-19-32(44)42(10)28-18-27(17-23(4)33(28)39)16-22(3)12-11-13-24(5)38(47)20-29(48-36(46)40-38)25(6)34-37(30,8)50-34/h11-13,17-18,21,24-26,29-30,34,47H,14-16,19-20H2,1-10H3,(H,40,46)/b13-11+,22-12+/t24-,25-,26+,29?,30+,34+,37+,38+/m1/s1. The molecule has 3 aliphatic rings. The minimum Gasteiger partial charge on any atom is -0.457 e. The number of carbonyl (C=O) groups is 4. The molecule has 3 aliphatic heterocycles. The van der Waals surface area contributed by atoms with Gasteiger partial charge in [0.15, 0.2) is 0 Å². The number of aliphatic hydroxyl groups is 1. The van der Waals surface area contributed by atoms with E-state index in [9.17, 15) is 24.3 Å². The number of benzene rings is 1. The van der Waals surface area contributed by atoms with Gasteiger partial charge in [-0.05, 0) is 63.6 Å². The van der Waals surface area contributed by atoms with Gasteiger partial charge in [-0.25, -0.2) is 9.59 Å². The fourth-order valence-corrected chi connectivity index (χ4v) is 6.98. The monoisotopic (exact) mass is 715 g/mol. The Morgan fingerprint density at radius 3 is 2.54 bits per heavy atom. The predicted molar refractivity (Wildman–Crippen MR) is 192 cm³/mol. The Labute approximate surface area is 301 Å². The molecule has 0 aliphatic carbocycles. The van der Waals surface area contributed by atoms with Crippen LogP contribution in [0.25, 0.3) is 0 Å². The first kappa shape index (κ1) is 39.4. The second kappa shape index (κ2) is 15.5. The van der Waals surface area contributed by atoms with Crippen LogP contribution in [0.4, 0.5) is 10.5 Å². The lowest BCUT2D eigenvalue weighted by Crippen LogP contribution is -2.60. The number of allylic oxidation sites excluding steroid dienone is 3. The van der Waals surface area contributed by atoms with Crippen LogP contribution < -0.4 is 10.2 Å². The summed E-state index contributed by atoms with van der Waals surface area (Å²) in [6.45, 7) is 15.0. The maximum Gasteiger partial charge on any atom is 0.409 e. The van der Waals surface area contributed by atoms with E-state index in [1.807, 2.05) is 71.9 Å². The van der Waals surface area contributed by atoms with Crippen LogP contribution >= 0.6 is 11.6 Å². The maximum atomic E-state index is 14.0. The number of aryl methyl sites for hydroxylation is 1. The number of carbonyl (C=O) groups excluding carboxylic acids is 4. The number of nitrogens with one attached hydrogen (secondary N) is 1. The van der Waals surface area contributed by atoms with Crippen LogP contribution in [0.3, 0.4) is 0 Å². The van der Waals surface area contributed by atoms with E-state index in [0.29, 0.717) is 35.9 Å².